The number of Topliss-reactive ketones (excluding diaryl/α,β-unsaturated/α-hetero) is 1. The number of hydrogen-bond acceptors (Lipinski definition) is 9. The quantitative estimate of drug-likeness (QED) is 0.438. The Balaban J connectivity index is 0.00000121. The zero-order chi connectivity index (χ0) is 26.8. The highest BCUT2D eigenvalue weighted by Crippen LogP contribution is 2.28. The van der Waals surface area contributed by atoms with Crippen LogP contribution in [0.4, 0.5) is 10.6 Å². The molecule has 1 aliphatic heterocycles. The van der Waals surface area contributed by atoms with E-state index in [0.717, 1.165) is 28.1 Å². The summed E-state index contributed by atoms with van der Waals surface area (Å²) in [4.78, 5) is 41.7. The Morgan fingerprint density at radius 1 is 1.27 bits per heavy atom. The van der Waals surface area contributed by atoms with Crippen molar-refractivity contribution in [1.82, 2.24) is 20.0 Å². The minimum absolute atomic E-state index is 0.0238. The highest BCUT2D eigenvalue weighted by Gasteiger charge is 2.36. The third-order valence-corrected chi connectivity index (χ3v) is 5.73. The lowest BCUT2D eigenvalue weighted by atomic mass is 10.0. The Hall–Kier alpha value is -4.54. The Morgan fingerprint density at radius 2 is 2.03 bits per heavy atom. The second-order valence-electron chi connectivity index (χ2n) is 8.47. The number of nitrogens with zero attached hydrogens (tertiary/aromatic N) is 4. The number of primary amides is 1. The lowest BCUT2D eigenvalue weighted by molar-refractivity contribution is -0.117. The third kappa shape index (κ3) is 7.47. The Bertz CT molecular complexity index is 1250. The van der Waals surface area contributed by atoms with Crippen LogP contribution < -0.4 is 11.1 Å². The predicted octanol–water partition coefficient (Wildman–Crippen LogP) is 3.31. The number of carbonyl (C=O) groups excluding carboxylic acids is 3. The summed E-state index contributed by atoms with van der Waals surface area (Å²) in [5, 5.41) is 7.29. The molecule has 3 aromatic rings. The third-order valence-electron chi connectivity index (χ3n) is 5.73. The van der Waals surface area contributed by atoms with Gasteiger partial charge in [0.2, 0.25) is 18.1 Å². The fourth-order valence-electron chi connectivity index (χ4n) is 3.59. The average molecular weight is 507 g/mol. The van der Waals surface area contributed by atoms with Gasteiger partial charge in [-0.25, -0.2) is 9.78 Å². The fourth-order valence-corrected chi connectivity index (χ4v) is 3.59. The van der Waals surface area contributed by atoms with Crippen LogP contribution in [0, 0.1) is 6.92 Å². The molecule has 1 saturated heterocycles. The number of benzene rings is 1. The molecule has 11 heteroatoms. The van der Waals surface area contributed by atoms with Gasteiger partial charge in [-0.3, -0.25) is 4.79 Å². The van der Waals surface area contributed by atoms with Crippen LogP contribution in [0.15, 0.2) is 47.3 Å². The van der Waals surface area contributed by atoms with E-state index in [1.54, 1.807) is 18.0 Å². The number of nitrogens with two attached hydrogens (primary N) is 1. The molecular formula is C26H30N6O5. The van der Waals surface area contributed by atoms with E-state index in [9.17, 15) is 9.59 Å². The predicted molar refractivity (Wildman–Crippen MR) is 137 cm³/mol. The first-order valence-electron chi connectivity index (χ1n) is 11.6. The summed E-state index contributed by atoms with van der Waals surface area (Å²) >= 11 is 0. The maximum atomic E-state index is 11.5. The number of aromatic nitrogens is 3. The van der Waals surface area contributed by atoms with Gasteiger partial charge in [-0.15, -0.1) is 0 Å². The number of pyridine rings is 1. The summed E-state index contributed by atoms with van der Waals surface area (Å²) in [6.07, 6.45) is 6.71. The van der Waals surface area contributed by atoms with Gasteiger partial charge in [0.1, 0.15) is 11.6 Å². The standard InChI is InChI=1S/C25H27N5O4.CH3NO/c1-16-4-8-20(23-28-24(34-29-23)21-14-30(15-21)25(32)33-3)12-19(16)10-11-26-22-9-7-18(13-27-22)6-5-17(2)31;2-1-3/h4,7-13,21H,5-6,14-15H2,1-3H3,(H,26,27);1H,(H2,2,3)/b11-10+;. The first-order valence-corrected chi connectivity index (χ1v) is 11.6. The summed E-state index contributed by atoms with van der Waals surface area (Å²) in [6.45, 7) is 4.64. The molecule has 11 nitrogen and oxygen atoms in total. The molecule has 1 fully saturated rings. The van der Waals surface area contributed by atoms with Gasteiger partial charge in [-0.2, -0.15) is 4.98 Å². The highest BCUT2D eigenvalue weighted by molar-refractivity contribution is 5.75. The topological polar surface area (TPSA) is 154 Å². The summed E-state index contributed by atoms with van der Waals surface area (Å²) < 4.78 is 10.2. The molecule has 0 unspecified atom stereocenters. The molecule has 2 aromatic heterocycles. The first-order chi connectivity index (χ1) is 17.8. The van der Waals surface area contributed by atoms with Crippen molar-refractivity contribution in [2.75, 3.05) is 25.5 Å². The SMILES string of the molecule is COC(=O)N1CC(c2nc(-c3ccc(C)c(/C=C/Nc4ccc(CCC(C)=O)cn4)c3)no2)C1.NC=O. The number of hydrogen-bond donors (Lipinski definition) is 2. The van der Waals surface area contributed by atoms with Crippen LogP contribution in [-0.2, 0) is 20.7 Å². The number of aryl methyl sites for hydroxylation is 2. The minimum Gasteiger partial charge on any atom is -0.453 e. The molecule has 4 rings (SSSR count). The highest BCUT2D eigenvalue weighted by atomic mass is 16.5. The fraction of sp³-hybridized carbons (Fsp3) is 0.308. The van der Waals surface area contributed by atoms with Crippen molar-refractivity contribution in [2.45, 2.75) is 32.6 Å². The molecule has 0 aliphatic carbocycles. The Labute approximate surface area is 214 Å². The number of likely N-dealkylation sites (tertiary alicyclic amines) is 1. The number of nitrogens with one attached hydrogen (secondary N) is 1. The van der Waals surface area contributed by atoms with Gasteiger partial charge in [-0.05, 0) is 55.2 Å². The summed E-state index contributed by atoms with van der Waals surface area (Å²) in [5.41, 5.74) is 8.16. The van der Waals surface area contributed by atoms with Crippen molar-refractivity contribution in [3.05, 3.63) is 65.3 Å². The number of anilines is 1. The van der Waals surface area contributed by atoms with E-state index in [2.05, 4.69) is 26.2 Å². The van der Waals surface area contributed by atoms with Gasteiger partial charge in [-0.1, -0.05) is 23.4 Å². The van der Waals surface area contributed by atoms with Gasteiger partial charge in [0.15, 0.2) is 0 Å². The average Bonchev–Trinajstić information content (AvgIpc) is 3.33. The second-order valence-corrected chi connectivity index (χ2v) is 8.47. The van der Waals surface area contributed by atoms with Gasteiger partial charge in [0.25, 0.3) is 0 Å². The number of amides is 2. The van der Waals surface area contributed by atoms with E-state index in [-0.39, 0.29) is 24.2 Å². The van der Waals surface area contributed by atoms with E-state index in [1.807, 2.05) is 49.5 Å². The van der Waals surface area contributed by atoms with Gasteiger partial charge < -0.3 is 30.0 Å². The smallest absolute Gasteiger partial charge is 0.409 e. The molecule has 0 radical (unpaired) electrons. The molecule has 0 bridgehead atoms. The molecule has 3 heterocycles. The van der Waals surface area contributed by atoms with Crippen LogP contribution in [0.25, 0.3) is 17.5 Å². The lowest BCUT2D eigenvalue weighted by Crippen LogP contribution is -2.48. The van der Waals surface area contributed by atoms with Crippen LogP contribution in [0.5, 0.6) is 0 Å². The van der Waals surface area contributed by atoms with E-state index in [1.165, 1.54) is 7.11 Å². The zero-order valence-corrected chi connectivity index (χ0v) is 21.0. The molecule has 194 valence electrons. The zero-order valence-electron chi connectivity index (χ0n) is 21.0. The van der Waals surface area contributed by atoms with E-state index < -0.39 is 0 Å². The molecular weight excluding hydrogens is 476 g/mol. The Kier molecular flexibility index (Phi) is 9.48. The molecule has 1 aliphatic rings. The summed E-state index contributed by atoms with van der Waals surface area (Å²) in [5.74, 6) is 1.95. The van der Waals surface area contributed by atoms with Crippen LogP contribution in [0.1, 0.15) is 41.8 Å². The van der Waals surface area contributed by atoms with E-state index >= 15 is 0 Å². The minimum atomic E-state index is -0.348. The van der Waals surface area contributed by atoms with E-state index in [0.29, 0.717) is 37.6 Å². The molecule has 0 atom stereocenters. The van der Waals surface area contributed by atoms with Crippen molar-refractivity contribution in [2.24, 2.45) is 5.73 Å². The van der Waals surface area contributed by atoms with Crippen LogP contribution in [0.2, 0.25) is 0 Å². The molecule has 37 heavy (non-hydrogen) atoms. The largest absolute Gasteiger partial charge is 0.453 e. The molecule has 1 aromatic carbocycles. The van der Waals surface area contributed by atoms with Crippen molar-refractivity contribution >= 4 is 30.2 Å². The normalized spacial score (nSPS) is 12.9. The lowest BCUT2D eigenvalue weighted by Gasteiger charge is -2.35. The summed E-state index contributed by atoms with van der Waals surface area (Å²) in [7, 11) is 1.37. The van der Waals surface area contributed by atoms with Crippen molar-refractivity contribution in [3.63, 3.8) is 0 Å². The number of methoxy groups -OCH3 is 1. The first kappa shape index (κ1) is 27.1. The molecule has 3 N–H and O–H groups in total. The number of rotatable bonds is 8. The van der Waals surface area contributed by atoms with Crippen LogP contribution >= 0.6 is 0 Å². The van der Waals surface area contributed by atoms with Gasteiger partial charge in [0, 0.05) is 37.5 Å². The van der Waals surface area contributed by atoms with Crippen LogP contribution in [-0.4, -0.2) is 58.5 Å². The number of ketones is 1. The van der Waals surface area contributed by atoms with Crippen molar-refractivity contribution < 1.29 is 23.6 Å². The maximum absolute atomic E-state index is 11.5. The molecule has 0 spiro atoms. The van der Waals surface area contributed by atoms with Gasteiger partial charge >= 0.3 is 6.09 Å². The molecule has 0 saturated carbocycles. The van der Waals surface area contributed by atoms with Gasteiger partial charge in [0.05, 0.1) is 13.0 Å². The van der Waals surface area contributed by atoms with Crippen molar-refractivity contribution in [3.8, 4) is 11.4 Å². The molecule has 2 amide bonds. The van der Waals surface area contributed by atoms with E-state index in [4.69, 9.17) is 14.1 Å². The second kappa shape index (κ2) is 13.0. The number of carbonyl (C=O) groups is 3. The van der Waals surface area contributed by atoms with Crippen LogP contribution in [0.3, 0.4) is 0 Å². The monoisotopic (exact) mass is 506 g/mol. The number of ether oxygens (including phenoxy) is 1. The maximum Gasteiger partial charge on any atom is 0.409 e. The van der Waals surface area contributed by atoms with Crippen molar-refractivity contribution in [1.29, 1.82) is 0 Å². The summed E-state index contributed by atoms with van der Waals surface area (Å²) in [6, 6.07) is 9.83. The Morgan fingerprint density at radius 3 is 2.68 bits per heavy atom.